The summed E-state index contributed by atoms with van der Waals surface area (Å²) in [6, 6.07) is 12.2. The van der Waals surface area contributed by atoms with Crippen molar-refractivity contribution >= 4 is 40.8 Å². The van der Waals surface area contributed by atoms with E-state index in [2.05, 4.69) is 10.2 Å². The average Bonchev–Trinajstić information content (AvgIpc) is 2.72. The maximum atomic E-state index is 12.7. The third-order valence-corrected chi connectivity index (χ3v) is 5.69. The molecule has 1 N–H and O–H groups in total. The Balaban J connectivity index is 1.59. The maximum Gasteiger partial charge on any atom is 0.338 e. The predicted molar refractivity (Wildman–Crippen MR) is 115 cm³/mol. The molecule has 5 nitrogen and oxygen atoms in total. The zero-order chi connectivity index (χ0) is 20.8. The number of ether oxygens (including phenoxy) is 1. The minimum atomic E-state index is -0.369. The summed E-state index contributed by atoms with van der Waals surface area (Å²) in [7, 11) is 0. The number of hydrogen-bond donors (Lipinski definition) is 1. The van der Waals surface area contributed by atoms with Gasteiger partial charge in [0.1, 0.15) is 0 Å². The Kier molecular flexibility index (Phi) is 7.53. The number of benzene rings is 2. The van der Waals surface area contributed by atoms with Gasteiger partial charge < -0.3 is 10.1 Å². The van der Waals surface area contributed by atoms with Gasteiger partial charge in [0, 0.05) is 34.4 Å². The summed E-state index contributed by atoms with van der Waals surface area (Å²) in [5.74, 6) is -0.509. The highest BCUT2D eigenvalue weighted by Gasteiger charge is 2.26. The number of halogens is 2. The number of carbonyl (C=O) groups excluding carboxylic acids is 2. The van der Waals surface area contributed by atoms with Gasteiger partial charge >= 0.3 is 5.97 Å². The lowest BCUT2D eigenvalue weighted by Gasteiger charge is -2.32. The van der Waals surface area contributed by atoms with Crippen molar-refractivity contribution in [1.29, 1.82) is 0 Å². The summed E-state index contributed by atoms with van der Waals surface area (Å²) in [5, 5.41) is 4.24. The van der Waals surface area contributed by atoms with Crippen molar-refractivity contribution in [3.8, 4) is 0 Å². The van der Waals surface area contributed by atoms with Crippen LogP contribution in [0.5, 0.6) is 0 Å². The second kappa shape index (κ2) is 10.1. The summed E-state index contributed by atoms with van der Waals surface area (Å²) in [4.78, 5) is 26.7. The highest BCUT2D eigenvalue weighted by Crippen LogP contribution is 2.28. The molecule has 1 fully saturated rings. The first-order chi connectivity index (χ1) is 14.0. The molecule has 1 amide bonds. The van der Waals surface area contributed by atoms with Crippen molar-refractivity contribution in [2.45, 2.75) is 26.3 Å². The molecule has 3 rings (SSSR count). The van der Waals surface area contributed by atoms with E-state index < -0.39 is 0 Å². The number of esters is 1. The molecule has 2 aromatic carbocycles. The second-order valence-electron chi connectivity index (χ2n) is 7.06. The van der Waals surface area contributed by atoms with Gasteiger partial charge in [-0.25, -0.2) is 4.79 Å². The molecule has 0 bridgehead atoms. The van der Waals surface area contributed by atoms with Crippen LogP contribution < -0.4 is 5.32 Å². The van der Waals surface area contributed by atoms with E-state index in [0.29, 0.717) is 41.0 Å². The molecule has 1 atom stereocenters. The van der Waals surface area contributed by atoms with E-state index in [1.165, 1.54) is 0 Å². The molecule has 29 heavy (non-hydrogen) atoms. The number of hydrogen-bond acceptors (Lipinski definition) is 4. The van der Waals surface area contributed by atoms with Crippen LogP contribution in [-0.2, 0) is 16.1 Å². The molecule has 0 unspecified atom stereocenters. The maximum absolute atomic E-state index is 12.7. The Hall–Kier alpha value is -2.08. The number of carbonyl (C=O) groups is 2. The van der Waals surface area contributed by atoms with Gasteiger partial charge in [-0.05, 0) is 62.7 Å². The zero-order valence-electron chi connectivity index (χ0n) is 16.3. The molecule has 0 saturated carbocycles. The second-order valence-corrected chi connectivity index (χ2v) is 7.88. The van der Waals surface area contributed by atoms with Crippen molar-refractivity contribution < 1.29 is 14.3 Å². The Morgan fingerprint density at radius 1 is 1.14 bits per heavy atom. The third-order valence-electron chi connectivity index (χ3n) is 4.98. The van der Waals surface area contributed by atoms with Crippen LogP contribution in [-0.4, -0.2) is 36.5 Å². The third kappa shape index (κ3) is 5.72. The Morgan fingerprint density at radius 3 is 2.48 bits per heavy atom. The van der Waals surface area contributed by atoms with Gasteiger partial charge in [0.05, 0.1) is 18.1 Å². The fourth-order valence-corrected chi connectivity index (χ4v) is 3.99. The topological polar surface area (TPSA) is 58.6 Å². The smallest absolute Gasteiger partial charge is 0.338 e. The molecule has 7 heteroatoms. The molecule has 0 aliphatic carbocycles. The van der Waals surface area contributed by atoms with Crippen LogP contribution in [0.4, 0.5) is 5.69 Å². The van der Waals surface area contributed by atoms with Crippen LogP contribution in [0.15, 0.2) is 42.5 Å². The summed E-state index contributed by atoms with van der Waals surface area (Å²) in [6.45, 7) is 4.26. The molecule has 154 valence electrons. The van der Waals surface area contributed by atoms with Crippen molar-refractivity contribution in [2.75, 3.05) is 25.0 Å². The number of anilines is 1. The molecule has 1 heterocycles. The summed E-state index contributed by atoms with van der Waals surface area (Å²) in [6.07, 6.45) is 1.77. The number of nitrogens with zero attached hydrogens (tertiary/aromatic N) is 1. The summed E-state index contributed by atoms with van der Waals surface area (Å²) < 4.78 is 4.97. The van der Waals surface area contributed by atoms with Crippen molar-refractivity contribution in [3.05, 3.63) is 63.6 Å². The van der Waals surface area contributed by atoms with Gasteiger partial charge in [-0.2, -0.15) is 0 Å². The Labute approximate surface area is 180 Å². The fraction of sp³-hybridized carbons (Fsp3) is 0.364. The molecule has 2 aromatic rings. The molecule has 0 radical (unpaired) electrons. The van der Waals surface area contributed by atoms with E-state index >= 15 is 0 Å². The first-order valence-electron chi connectivity index (χ1n) is 9.71. The van der Waals surface area contributed by atoms with Crippen LogP contribution in [0.3, 0.4) is 0 Å². The van der Waals surface area contributed by atoms with Gasteiger partial charge in [-0.1, -0.05) is 29.3 Å². The summed E-state index contributed by atoms with van der Waals surface area (Å²) in [5.41, 5.74) is 2.02. The lowest BCUT2D eigenvalue weighted by atomic mass is 9.96. The lowest BCUT2D eigenvalue weighted by molar-refractivity contribution is -0.121. The number of amides is 1. The van der Waals surface area contributed by atoms with E-state index in [1.54, 1.807) is 31.2 Å². The minimum Gasteiger partial charge on any atom is -0.462 e. The molecule has 0 aromatic heterocycles. The van der Waals surface area contributed by atoms with E-state index in [1.807, 2.05) is 18.2 Å². The predicted octanol–water partition coefficient (Wildman–Crippen LogP) is 5.02. The molecule has 1 aliphatic heterocycles. The number of rotatable bonds is 6. The molecule has 1 saturated heterocycles. The van der Waals surface area contributed by atoms with Crippen LogP contribution in [0.1, 0.15) is 35.7 Å². The van der Waals surface area contributed by atoms with E-state index in [4.69, 9.17) is 27.9 Å². The largest absolute Gasteiger partial charge is 0.462 e. The first-order valence-corrected chi connectivity index (χ1v) is 10.5. The first kappa shape index (κ1) is 21.6. The monoisotopic (exact) mass is 434 g/mol. The Morgan fingerprint density at radius 2 is 1.83 bits per heavy atom. The van der Waals surface area contributed by atoms with E-state index in [-0.39, 0.29) is 17.8 Å². The summed E-state index contributed by atoms with van der Waals surface area (Å²) >= 11 is 12.6. The van der Waals surface area contributed by atoms with Crippen molar-refractivity contribution in [1.82, 2.24) is 4.90 Å². The van der Waals surface area contributed by atoms with Crippen LogP contribution >= 0.6 is 23.2 Å². The van der Waals surface area contributed by atoms with Crippen LogP contribution in [0, 0.1) is 5.92 Å². The fourth-order valence-electron chi connectivity index (χ4n) is 3.47. The highest BCUT2D eigenvalue weighted by molar-refractivity contribution is 6.35. The number of nitrogens with one attached hydrogen (secondary N) is 1. The van der Waals surface area contributed by atoms with E-state index in [0.717, 1.165) is 24.9 Å². The van der Waals surface area contributed by atoms with Gasteiger partial charge in [0.25, 0.3) is 0 Å². The highest BCUT2D eigenvalue weighted by atomic mass is 35.5. The average molecular weight is 435 g/mol. The van der Waals surface area contributed by atoms with Gasteiger partial charge in [-0.3, -0.25) is 9.69 Å². The van der Waals surface area contributed by atoms with Crippen molar-refractivity contribution in [2.24, 2.45) is 5.92 Å². The molecular formula is C22H24Cl2N2O3. The molecule has 1 aliphatic rings. The van der Waals surface area contributed by atoms with Crippen LogP contribution in [0.2, 0.25) is 10.0 Å². The zero-order valence-corrected chi connectivity index (χ0v) is 17.8. The van der Waals surface area contributed by atoms with Gasteiger partial charge in [0.15, 0.2) is 0 Å². The number of piperidine rings is 1. The van der Waals surface area contributed by atoms with Gasteiger partial charge in [0.2, 0.25) is 5.91 Å². The molecular weight excluding hydrogens is 411 g/mol. The Bertz CT molecular complexity index is 851. The van der Waals surface area contributed by atoms with Gasteiger partial charge in [-0.15, -0.1) is 0 Å². The van der Waals surface area contributed by atoms with Crippen molar-refractivity contribution in [3.63, 3.8) is 0 Å². The SMILES string of the molecule is CCOC(=O)c1ccc(NC(=O)[C@H]2CCCN(Cc3c(Cl)cccc3Cl)C2)cc1. The lowest BCUT2D eigenvalue weighted by Crippen LogP contribution is -2.40. The van der Waals surface area contributed by atoms with Crippen LogP contribution in [0.25, 0.3) is 0 Å². The standard InChI is InChI=1S/C22H24Cl2N2O3/c1-2-29-22(28)15-8-10-17(11-9-15)25-21(27)16-5-4-12-26(13-16)14-18-19(23)6-3-7-20(18)24/h3,6-11,16H,2,4-5,12-14H2,1H3,(H,25,27)/t16-/m0/s1. The van der Waals surface area contributed by atoms with E-state index in [9.17, 15) is 9.59 Å². The number of likely N-dealkylation sites (tertiary alicyclic amines) is 1. The quantitative estimate of drug-likeness (QED) is 0.648. The molecule has 0 spiro atoms. The normalized spacial score (nSPS) is 17.0. The minimum absolute atomic E-state index is 0.0242.